The summed E-state index contributed by atoms with van der Waals surface area (Å²) in [5.41, 5.74) is 6.68. The van der Waals surface area contributed by atoms with Gasteiger partial charge >= 0.3 is 0 Å². The number of aryl methyl sites for hydroxylation is 1. The predicted molar refractivity (Wildman–Crippen MR) is 58.1 cm³/mol. The normalized spacial score (nSPS) is 13.8. The first-order chi connectivity index (χ1) is 6.42. The highest BCUT2D eigenvalue weighted by molar-refractivity contribution is 5.29. The molecular formula is C10H18N4. The average molecular weight is 194 g/mol. The molecule has 0 aliphatic rings. The van der Waals surface area contributed by atoms with Gasteiger partial charge in [-0.2, -0.15) is 0 Å². The van der Waals surface area contributed by atoms with E-state index in [0.717, 1.165) is 5.56 Å². The Kier molecular flexibility index (Phi) is 3.06. The summed E-state index contributed by atoms with van der Waals surface area (Å²) >= 11 is 0. The fourth-order valence-corrected chi connectivity index (χ4v) is 0.859. The molecule has 4 nitrogen and oxygen atoms in total. The molecule has 0 aliphatic carbocycles. The number of nitrogens with two attached hydrogens (primary N) is 1. The summed E-state index contributed by atoms with van der Waals surface area (Å²) in [6, 6.07) is 0.0346. The highest BCUT2D eigenvalue weighted by atomic mass is 15.1. The fraction of sp³-hybridized carbons (Fsp3) is 0.600. The topological polar surface area (TPSA) is 63.8 Å². The van der Waals surface area contributed by atoms with Crippen LogP contribution in [0.2, 0.25) is 0 Å². The first-order valence-electron chi connectivity index (χ1n) is 4.74. The van der Waals surface area contributed by atoms with Crippen LogP contribution in [-0.2, 0) is 0 Å². The van der Waals surface area contributed by atoms with Crippen LogP contribution in [0.5, 0.6) is 0 Å². The lowest BCUT2D eigenvalue weighted by Gasteiger charge is -2.30. The van der Waals surface area contributed by atoms with E-state index in [0.29, 0.717) is 5.95 Å². The number of hydrogen-bond acceptors (Lipinski definition) is 4. The maximum Gasteiger partial charge on any atom is 0.223 e. The second kappa shape index (κ2) is 3.92. The Bertz CT molecular complexity index is 289. The van der Waals surface area contributed by atoms with Gasteiger partial charge < -0.3 is 11.1 Å². The maximum atomic E-state index is 5.83. The Morgan fingerprint density at radius 3 is 2.29 bits per heavy atom. The summed E-state index contributed by atoms with van der Waals surface area (Å²) in [5, 5.41) is 3.20. The minimum absolute atomic E-state index is 0.0346. The smallest absolute Gasteiger partial charge is 0.223 e. The highest BCUT2D eigenvalue weighted by Crippen LogP contribution is 2.13. The molecule has 1 rings (SSSR count). The lowest BCUT2D eigenvalue weighted by atomic mass is 9.97. The molecule has 0 spiro atoms. The number of nitrogens with zero attached hydrogens (tertiary/aromatic N) is 2. The first kappa shape index (κ1) is 10.9. The molecule has 0 aliphatic heterocycles. The van der Waals surface area contributed by atoms with Crippen molar-refractivity contribution in [2.45, 2.75) is 39.3 Å². The van der Waals surface area contributed by atoms with Crippen LogP contribution >= 0.6 is 0 Å². The van der Waals surface area contributed by atoms with Crippen molar-refractivity contribution in [1.82, 2.24) is 9.97 Å². The van der Waals surface area contributed by atoms with Crippen LogP contribution in [-0.4, -0.2) is 21.5 Å². The second-order valence-corrected chi connectivity index (χ2v) is 4.22. The van der Waals surface area contributed by atoms with Gasteiger partial charge in [-0.1, -0.05) is 0 Å². The van der Waals surface area contributed by atoms with E-state index in [1.54, 1.807) is 12.4 Å². The SMILES string of the molecule is Cc1cnc(NC(C)(C)C(C)N)nc1. The maximum absolute atomic E-state index is 5.83. The van der Waals surface area contributed by atoms with E-state index >= 15 is 0 Å². The predicted octanol–water partition coefficient (Wildman–Crippen LogP) is 1.32. The van der Waals surface area contributed by atoms with Gasteiger partial charge in [-0.05, 0) is 33.3 Å². The van der Waals surface area contributed by atoms with Crippen LogP contribution in [0.25, 0.3) is 0 Å². The zero-order valence-corrected chi connectivity index (χ0v) is 9.20. The zero-order valence-electron chi connectivity index (χ0n) is 9.20. The van der Waals surface area contributed by atoms with Crippen LogP contribution in [0.3, 0.4) is 0 Å². The highest BCUT2D eigenvalue weighted by Gasteiger charge is 2.23. The van der Waals surface area contributed by atoms with Gasteiger partial charge in [0.05, 0.1) is 0 Å². The minimum Gasteiger partial charge on any atom is -0.348 e. The van der Waals surface area contributed by atoms with Gasteiger partial charge in [0.25, 0.3) is 0 Å². The lowest BCUT2D eigenvalue weighted by Crippen LogP contribution is -2.47. The third-order valence-corrected chi connectivity index (χ3v) is 2.35. The molecule has 0 bridgehead atoms. The average Bonchev–Trinajstić information content (AvgIpc) is 2.08. The Morgan fingerprint density at radius 1 is 1.36 bits per heavy atom. The van der Waals surface area contributed by atoms with Crippen molar-refractivity contribution in [3.63, 3.8) is 0 Å². The van der Waals surface area contributed by atoms with Crippen LogP contribution < -0.4 is 11.1 Å². The van der Waals surface area contributed by atoms with E-state index in [1.165, 1.54) is 0 Å². The third-order valence-electron chi connectivity index (χ3n) is 2.35. The summed E-state index contributed by atoms with van der Waals surface area (Å²) in [5.74, 6) is 0.623. The first-order valence-corrected chi connectivity index (χ1v) is 4.74. The van der Waals surface area contributed by atoms with Crippen molar-refractivity contribution < 1.29 is 0 Å². The van der Waals surface area contributed by atoms with E-state index in [2.05, 4.69) is 15.3 Å². The van der Waals surface area contributed by atoms with Gasteiger partial charge in [-0.25, -0.2) is 9.97 Å². The summed E-state index contributed by atoms with van der Waals surface area (Å²) in [6.45, 7) is 7.98. The van der Waals surface area contributed by atoms with Gasteiger partial charge in [0.1, 0.15) is 0 Å². The van der Waals surface area contributed by atoms with Gasteiger partial charge in [0.15, 0.2) is 0 Å². The van der Waals surface area contributed by atoms with Crippen molar-refractivity contribution in [2.24, 2.45) is 5.73 Å². The van der Waals surface area contributed by atoms with Crippen LogP contribution in [0.15, 0.2) is 12.4 Å². The lowest BCUT2D eigenvalue weighted by molar-refractivity contribution is 0.467. The van der Waals surface area contributed by atoms with Crippen molar-refractivity contribution in [3.8, 4) is 0 Å². The summed E-state index contributed by atoms with van der Waals surface area (Å²) in [7, 11) is 0. The molecule has 1 heterocycles. The van der Waals surface area contributed by atoms with Crippen LogP contribution in [0.4, 0.5) is 5.95 Å². The van der Waals surface area contributed by atoms with Crippen molar-refractivity contribution >= 4 is 5.95 Å². The van der Waals surface area contributed by atoms with Gasteiger partial charge in [-0.15, -0.1) is 0 Å². The summed E-state index contributed by atoms with van der Waals surface area (Å²) in [6.07, 6.45) is 3.57. The molecule has 0 saturated heterocycles. The molecule has 14 heavy (non-hydrogen) atoms. The molecule has 0 aromatic carbocycles. The Balaban J connectivity index is 2.74. The number of aromatic nitrogens is 2. The molecule has 0 saturated carbocycles. The summed E-state index contributed by atoms with van der Waals surface area (Å²) < 4.78 is 0. The Morgan fingerprint density at radius 2 is 1.86 bits per heavy atom. The van der Waals surface area contributed by atoms with E-state index in [9.17, 15) is 0 Å². The molecule has 3 N–H and O–H groups in total. The fourth-order valence-electron chi connectivity index (χ4n) is 0.859. The third kappa shape index (κ3) is 2.67. The monoisotopic (exact) mass is 194 g/mol. The molecule has 1 aromatic rings. The number of rotatable bonds is 3. The largest absolute Gasteiger partial charge is 0.348 e. The van der Waals surface area contributed by atoms with E-state index in [-0.39, 0.29) is 11.6 Å². The van der Waals surface area contributed by atoms with Crippen molar-refractivity contribution in [1.29, 1.82) is 0 Å². The van der Waals surface area contributed by atoms with Gasteiger partial charge in [0.2, 0.25) is 5.95 Å². The molecule has 0 fully saturated rings. The Hall–Kier alpha value is -1.16. The molecule has 1 unspecified atom stereocenters. The number of anilines is 1. The molecule has 78 valence electrons. The standard InChI is InChI=1S/C10H18N4/c1-7-5-12-9(13-6-7)14-10(3,4)8(2)11/h5-6,8H,11H2,1-4H3,(H,12,13,14). The number of nitrogens with one attached hydrogen (secondary N) is 1. The van der Waals surface area contributed by atoms with E-state index in [4.69, 9.17) is 5.73 Å². The van der Waals surface area contributed by atoms with Gasteiger partial charge in [-0.3, -0.25) is 0 Å². The quantitative estimate of drug-likeness (QED) is 0.761. The van der Waals surface area contributed by atoms with E-state index < -0.39 is 0 Å². The molecule has 4 heteroatoms. The number of hydrogen-bond donors (Lipinski definition) is 2. The minimum atomic E-state index is -0.199. The molecule has 0 radical (unpaired) electrons. The second-order valence-electron chi connectivity index (χ2n) is 4.22. The summed E-state index contributed by atoms with van der Waals surface area (Å²) in [4.78, 5) is 8.34. The van der Waals surface area contributed by atoms with Crippen LogP contribution in [0, 0.1) is 6.92 Å². The molecule has 1 atom stereocenters. The van der Waals surface area contributed by atoms with Crippen molar-refractivity contribution in [2.75, 3.05) is 5.32 Å². The van der Waals surface area contributed by atoms with Crippen molar-refractivity contribution in [3.05, 3.63) is 18.0 Å². The molecule has 1 aromatic heterocycles. The molecule has 0 amide bonds. The van der Waals surface area contributed by atoms with E-state index in [1.807, 2.05) is 27.7 Å². The Labute approximate surface area is 85.0 Å². The van der Waals surface area contributed by atoms with Gasteiger partial charge in [0, 0.05) is 24.0 Å². The zero-order chi connectivity index (χ0) is 10.8. The van der Waals surface area contributed by atoms with Crippen LogP contribution in [0.1, 0.15) is 26.3 Å². The molecular weight excluding hydrogens is 176 g/mol.